The summed E-state index contributed by atoms with van der Waals surface area (Å²) in [7, 11) is 0. The molecule has 2 rings (SSSR count). The maximum Gasteiger partial charge on any atom is 0.227 e. The van der Waals surface area contributed by atoms with Crippen molar-refractivity contribution in [3.05, 3.63) is 23.0 Å². The fourth-order valence-corrected chi connectivity index (χ4v) is 2.41. The third kappa shape index (κ3) is 2.33. The summed E-state index contributed by atoms with van der Waals surface area (Å²) in [5.41, 5.74) is 1.66. The Labute approximate surface area is 105 Å². The average Bonchev–Trinajstić information content (AvgIpc) is 2.58. The summed E-state index contributed by atoms with van der Waals surface area (Å²) in [6, 6.07) is 3.61. The number of nitrogens with zero attached hydrogens (tertiary/aromatic N) is 2. The Morgan fingerprint density at radius 2 is 2.38 bits per heavy atom. The molecule has 1 aromatic heterocycles. The minimum atomic E-state index is 0.140. The van der Waals surface area contributed by atoms with Crippen molar-refractivity contribution in [2.45, 2.75) is 13.3 Å². The van der Waals surface area contributed by atoms with Crippen LogP contribution in [0, 0.1) is 12.8 Å². The van der Waals surface area contributed by atoms with Crippen LogP contribution in [0.4, 0.5) is 5.69 Å². The van der Waals surface area contributed by atoms with Gasteiger partial charge >= 0.3 is 0 Å². The second-order valence-electron chi connectivity index (χ2n) is 4.05. The summed E-state index contributed by atoms with van der Waals surface area (Å²) in [4.78, 5) is 17.6. The van der Waals surface area contributed by atoms with Gasteiger partial charge in [-0.25, -0.2) is 4.98 Å². The van der Waals surface area contributed by atoms with Crippen LogP contribution < -0.4 is 4.90 Å². The molecule has 16 heavy (non-hydrogen) atoms. The van der Waals surface area contributed by atoms with E-state index in [9.17, 15) is 4.79 Å². The van der Waals surface area contributed by atoms with E-state index in [1.807, 2.05) is 13.0 Å². The standard InChI is InChI=1S/C11H13ClN2OS/c1-7-2-9(4-10(12)13-7)14-5-8(6-16)3-11(14)15/h2,4,8,16H,3,5-6H2,1H3. The lowest BCUT2D eigenvalue weighted by Crippen LogP contribution is -2.24. The third-order valence-electron chi connectivity index (χ3n) is 2.68. The topological polar surface area (TPSA) is 33.2 Å². The molecule has 1 fully saturated rings. The first-order valence-corrected chi connectivity index (χ1v) is 6.16. The molecule has 1 atom stereocenters. The van der Waals surface area contributed by atoms with Crippen LogP contribution in [-0.4, -0.2) is 23.2 Å². The van der Waals surface area contributed by atoms with Crippen LogP contribution >= 0.6 is 24.2 Å². The highest BCUT2D eigenvalue weighted by Crippen LogP contribution is 2.27. The van der Waals surface area contributed by atoms with E-state index in [1.54, 1.807) is 11.0 Å². The van der Waals surface area contributed by atoms with Crippen molar-refractivity contribution in [2.24, 2.45) is 5.92 Å². The molecule has 1 saturated heterocycles. The van der Waals surface area contributed by atoms with Gasteiger partial charge in [-0.2, -0.15) is 12.6 Å². The van der Waals surface area contributed by atoms with Gasteiger partial charge in [-0.3, -0.25) is 4.79 Å². The Hall–Kier alpha value is -0.740. The summed E-state index contributed by atoms with van der Waals surface area (Å²) < 4.78 is 0. The van der Waals surface area contributed by atoms with Crippen molar-refractivity contribution in [3.8, 4) is 0 Å². The number of pyridine rings is 1. The molecule has 0 aliphatic carbocycles. The lowest BCUT2D eigenvalue weighted by atomic mass is 10.1. The van der Waals surface area contributed by atoms with E-state index in [4.69, 9.17) is 11.6 Å². The number of aryl methyl sites for hydroxylation is 1. The second kappa shape index (κ2) is 4.63. The Morgan fingerprint density at radius 3 is 2.94 bits per heavy atom. The normalized spacial score (nSPS) is 20.6. The van der Waals surface area contributed by atoms with E-state index in [0.717, 1.165) is 23.7 Å². The van der Waals surface area contributed by atoms with Gasteiger partial charge in [0.15, 0.2) is 0 Å². The summed E-state index contributed by atoms with van der Waals surface area (Å²) in [6.45, 7) is 2.59. The van der Waals surface area contributed by atoms with E-state index < -0.39 is 0 Å². The molecular formula is C11H13ClN2OS. The molecule has 1 aliphatic heterocycles. The molecule has 3 nitrogen and oxygen atoms in total. The van der Waals surface area contributed by atoms with Gasteiger partial charge in [0.05, 0.1) is 0 Å². The van der Waals surface area contributed by atoms with Crippen molar-refractivity contribution in [2.75, 3.05) is 17.2 Å². The monoisotopic (exact) mass is 256 g/mol. The summed E-state index contributed by atoms with van der Waals surface area (Å²) >= 11 is 10.1. The third-order valence-corrected chi connectivity index (χ3v) is 3.39. The summed E-state index contributed by atoms with van der Waals surface area (Å²) in [5.74, 6) is 1.21. The minimum Gasteiger partial charge on any atom is -0.312 e. The number of carbonyl (C=O) groups excluding carboxylic acids is 1. The number of anilines is 1. The Kier molecular flexibility index (Phi) is 3.40. The van der Waals surface area contributed by atoms with Crippen molar-refractivity contribution in [3.63, 3.8) is 0 Å². The van der Waals surface area contributed by atoms with E-state index in [2.05, 4.69) is 17.6 Å². The minimum absolute atomic E-state index is 0.140. The van der Waals surface area contributed by atoms with E-state index in [-0.39, 0.29) is 5.91 Å². The van der Waals surface area contributed by atoms with E-state index in [0.29, 0.717) is 17.5 Å². The predicted octanol–water partition coefficient (Wildman–Crippen LogP) is 2.33. The number of aromatic nitrogens is 1. The zero-order valence-electron chi connectivity index (χ0n) is 8.98. The highest BCUT2D eigenvalue weighted by atomic mass is 35.5. The number of hydrogen-bond donors (Lipinski definition) is 1. The van der Waals surface area contributed by atoms with Crippen LogP contribution in [0.3, 0.4) is 0 Å². The smallest absolute Gasteiger partial charge is 0.227 e. The van der Waals surface area contributed by atoms with Crippen molar-refractivity contribution in [1.82, 2.24) is 4.98 Å². The van der Waals surface area contributed by atoms with Crippen LogP contribution in [0.15, 0.2) is 12.1 Å². The Balaban J connectivity index is 2.27. The van der Waals surface area contributed by atoms with E-state index >= 15 is 0 Å². The van der Waals surface area contributed by atoms with Crippen molar-refractivity contribution >= 4 is 35.8 Å². The molecule has 0 spiro atoms. The second-order valence-corrected chi connectivity index (χ2v) is 4.80. The number of carbonyl (C=O) groups is 1. The van der Waals surface area contributed by atoms with Crippen molar-refractivity contribution in [1.29, 1.82) is 0 Å². The number of thiol groups is 1. The van der Waals surface area contributed by atoms with Crippen LogP contribution in [0.1, 0.15) is 12.1 Å². The van der Waals surface area contributed by atoms with Crippen LogP contribution in [0.5, 0.6) is 0 Å². The maximum atomic E-state index is 11.8. The molecule has 0 bridgehead atoms. The summed E-state index contributed by atoms with van der Waals surface area (Å²) in [5, 5.41) is 0.428. The molecule has 0 N–H and O–H groups in total. The highest BCUT2D eigenvalue weighted by Gasteiger charge is 2.29. The van der Waals surface area contributed by atoms with Gasteiger partial charge in [0.1, 0.15) is 5.15 Å². The molecule has 2 heterocycles. The molecular weight excluding hydrogens is 244 g/mol. The first-order valence-electron chi connectivity index (χ1n) is 5.15. The quantitative estimate of drug-likeness (QED) is 0.651. The molecule has 1 aromatic rings. The molecule has 1 aliphatic rings. The van der Waals surface area contributed by atoms with Gasteiger partial charge in [0.25, 0.3) is 0 Å². The number of rotatable bonds is 2. The van der Waals surface area contributed by atoms with Gasteiger partial charge in [-0.15, -0.1) is 0 Å². The molecule has 5 heteroatoms. The lowest BCUT2D eigenvalue weighted by molar-refractivity contribution is -0.117. The van der Waals surface area contributed by atoms with Gasteiger partial charge in [0, 0.05) is 24.3 Å². The van der Waals surface area contributed by atoms with E-state index in [1.165, 1.54) is 0 Å². The van der Waals surface area contributed by atoms with Gasteiger partial charge in [0.2, 0.25) is 5.91 Å². The van der Waals surface area contributed by atoms with Crippen LogP contribution in [0.25, 0.3) is 0 Å². The van der Waals surface area contributed by atoms with Crippen molar-refractivity contribution < 1.29 is 4.79 Å². The Morgan fingerprint density at radius 1 is 1.62 bits per heavy atom. The molecule has 0 radical (unpaired) electrons. The first-order chi connectivity index (χ1) is 7.60. The van der Waals surface area contributed by atoms with Crippen LogP contribution in [-0.2, 0) is 4.79 Å². The molecule has 1 unspecified atom stereocenters. The molecule has 1 amide bonds. The van der Waals surface area contributed by atoms with Crippen LogP contribution in [0.2, 0.25) is 5.15 Å². The first kappa shape index (κ1) is 11.7. The summed E-state index contributed by atoms with van der Waals surface area (Å²) in [6.07, 6.45) is 0.572. The molecule has 0 saturated carbocycles. The molecule has 86 valence electrons. The SMILES string of the molecule is Cc1cc(N2CC(CS)CC2=O)cc(Cl)n1. The lowest BCUT2D eigenvalue weighted by Gasteiger charge is -2.17. The number of halogens is 1. The highest BCUT2D eigenvalue weighted by molar-refractivity contribution is 7.80. The number of amides is 1. The van der Waals surface area contributed by atoms with Gasteiger partial charge in [-0.05, 0) is 30.7 Å². The fraction of sp³-hybridized carbons (Fsp3) is 0.455. The largest absolute Gasteiger partial charge is 0.312 e. The average molecular weight is 257 g/mol. The van der Waals surface area contributed by atoms with Gasteiger partial charge < -0.3 is 4.90 Å². The number of hydrogen-bond acceptors (Lipinski definition) is 3. The van der Waals surface area contributed by atoms with Gasteiger partial charge in [-0.1, -0.05) is 11.6 Å². The Bertz CT molecular complexity index is 404. The molecule has 0 aromatic carbocycles. The predicted molar refractivity (Wildman–Crippen MR) is 68.3 cm³/mol. The maximum absolute atomic E-state index is 11.8. The zero-order valence-corrected chi connectivity index (χ0v) is 10.6. The fourth-order valence-electron chi connectivity index (χ4n) is 1.92. The zero-order chi connectivity index (χ0) is 11.7.